The maximum absolute atomic E-state index is 13.0. The highest BCUT2D eigenvalue weighted by Crippen LogP contribution is 2.22. The van der Waals surface area contributed by atoms with Gasteiger partial charge in [-0.05, 0) is 48.0 Å². The molecule has 0 fully saturated rings. The Morgan fingerprint density at radius 2 is 1.68 bits per heavy atom. The molecule has 9 nitrogen and oxygen atoms in total. The minimum Gasteiger partial charge on any atom is -0.305 e. The summed E-state index contributed by atoms with van der Waals surface area (Å²) in [4.78, 5) is 17.3. The van der Waals surface area contributed by atoms with Gasteiger partial charge in [0.05, 0.1) is 26.6 Å². The minimum absolute atomic E-state index is 0.0438. The lowest BCUT2D eigenvalue weighted by Crippen LogP contribution is -2.26. The first-order valence-electron chi connectivity index (χ1n) is 10.8. The first-order valence-corrected chi connectivity index (χ1v) is 14.6. The summed E-state index contributed by atoms with van der Waals surface area (Å²) in [6.07, 6.45) is 5.48. The zero-order valence-corrected chi connectivity index (χ0v) is 22.1. The zero-order valence-electron chi connectivity index (χ0n) is 19.6. The highest BCUT2D eigenvalue weighted by atomic mass is 32.2. The Labute approximate surface area is 218 Å². The lowest BCUT2D eigenvalue weighted by molar-refractivity contribution is 0.0997. The molecule has 0 saturated carbocycles. The number of nitrogens with zero attached hydrogens (tertiary/aromatic N) is 3. The van der Waals surface area contributed by atoms with Gasteiger partial charge in [0.25, 0.3) is 5.91 Å². The van der Waals surface area contributed by atoms with Gasteiger partial charge in [-0.3, -0.25) is 4.79 Å². The van der Waals surface area contributed by atoms with Crippen molar-refractivity contribution in [2.75, 3.05) is 7.05 Å². The van der Waals surface area contributed by atoms with Crippen molar-refractivity contribution in [2.45, 2.75) is 22.9 Å². The number of carbonyl (C=O) groups excluding carboxylic acids is 1. The number of terminal acetylenes is 1. The number of amides is 1. The predicted molar refractivity (Wildman–Crippen MR) is 141 cm³/mol. The van der Waals surface area contributed by atoms with Crippen LogP contribution in [-0.4, -0.2) is 38.7 Å². The largest absolute Gasteiger partial charge is 0.305 e. The number of sulfonamides is 2. The van der Waals surface area contributed by atoms with E-state index < -0.39 is 26.0 Å². The summed E-state index contributed by atoms with van der Waals surface area (Å²) >= 11 is 1.09. The van der Waals surface area contributed by atoms with Gasteiger partial charge in [-0.25, -0.2) is 22.0 Å². The topological polar surface area (TPSA) is 132 Å². The van der Waals surface area contributed by atoms with E-state index in [4.69, 9.17) is 11.6 Å². The first-order chi connectivity index (χ1) is 17.5. The number of thiazole rings is 1. The van der Waals surface area contributed by atoms with E-state index >= 15 is 0 Å². The second-order valence-electron chi connectivity index (χ2n) is 8.04. The summed E-state index contributed by atoms with van der Waals surface area (Å²) in [6, 6.07) is 19.0. The van der Waals surface area contributed by atoms with E-state index in [2.05, 4.69) is 10.9 Å². The van der Waals surface area contributed by atoms with Gasteiger partial charge in [0, 0.05) is 19.2 Å². The summed E-state index contributed by atoms with van der Waals surface area (Å²) in [5.41, 5.74) is 1.63. The molecule has 0 radical (unpaired) electrons. The number of aromatic nitrogens is 1. The predicted octanol–water partition coefficient (Wildman–Crippen LogP) is 2.55. The van der Waals surface area contributed by atoms with Gasteiger partial charge < -0.3 is 4.57 Å². The number of carbonyl (C=O) groups is 1. The van der Waals surface area contributed by atoms with Crippen molar-refractivity contribution >= 4 is 47.5 Å². The Balaban J connectivity index is 1.64. The standard InChI is InChI=1S/C25H22N4O5S3/c1-3-15-29-22-14-13-21(36(26,31)32)16-23(22)35-25(29)27-24(30)19-9-11-20(12-10-19)37(33,34)28(2)17-18-7-5-4-6-8-18/h1,4-14,16H,15,17H2,2H3,(H2,26,31,32). The summed E-state index contributed by atoms with van der Waals surface area (Å²) in [5.74, 6) is 1.89. The molecule has 190 valence electrons. The van der Waals surface area contributed by atoms with Crippen molar-refractivity contribution in [1.29, 1.82) is 0 Å². The number of nitrogens with two attached hydrogens (primary N) is 1. The molecular formula is C25H22N4O5S3. The molecule has 1 aromatic heterocycles. The van der Waals surface area contributed by atoms with Crippen LogP contribution in [0.5, 0.6) is 0 Å². The van der Waals surface area contributed by atoms with Crippen LogP contribution in [0, 0.1) is 12.3 Å². The molecule has 0 spiro atoms. The quantitative estimate of drug-likeness (QED) is 0.351. The molecule has 0 saturated heterocycles. The molecule has 0 aliphatic rings. The highest BCUT2D eigenvalue weighted by Gasteiger charge is 2.21. The molecule has 1 amide bonds. The van der Waals surface area contributed by atoms with Crippen molar-refractivity contribution in [3.63, 3.8) is 0 Å². The maximum atomic E-state index is 13.0. The number of rotatable bonds is 7. The van der Waals surface area contributed by atoms with Crippen LogP contribution in [0.25, 0.3) is 10.2 Å². The van der Waals surface area contributed by atoms with Gasteiger partial charge in [-0.2, -0.15) is 9.30 Å². The number of hydrogen-bond donors (Lipinski definition) is 1. The zero-order chi connectivity index (χ0) is 26.8. The van der Waals surface area contributed by atoms with Crippen LogP contribution in [0.15, 0.2) is 87.6 Å². The van der Waals surface area contributed by atoms with Crippen LogP contribution >= 0.6 is 11.3 Å². The van der Waals surface area contributed by atoms with Gasteiger partial charge in [0.1, 0.15) is 0 Å². The summed E-state index contributed by atoms with van der Waals surface area (Å²) in [6.45, 7) is 0.305. The molecule has 2 N–H and O–H groups in total. The Morgan fingerprint density at radius 1 is 1.03 bits per heavy atom. The SMILES string of the molecule is C#CCn1c(=NC(=O)c2ccc(S(=O)(=O)N(C)Cc3ccccc3)cc2)sc2cc(S(N)(=O)=O)ccc21. The fourth-order valence-electron chi connectivity index (χ4n) is 3.59. The van der Waals surface area contributed by atoms with E-state index in [9.17, 15) is 21.6 Å². The van der Waals surface area contributed by atoms with E-state index in [0.29, 0.717) is 10.2 Å². The van der Waals surface area contributed by atoms with Gasteiger partial charge in [0.15, 0.2) is 4.80 Å². The Bertz CT molecular complexity index is 1800. The average molecular weight is 555 g/mol. The van der Waals surface area contributed by atoms with Gasteiger partial charge in [0.2, 0.25) is 20.0 Å². The second-order valence-corrected chi connectivity index (χ2v) is 12.7. The number of fused-ring (bicyclic) bond motifs is 1. The number of benzene rings is 3. The van der Waals surface area contributed by atoms with E-state index in [-0.39, 0.29) is 33.2 Å². The lowest BCUT2D eigenvalue weighted by atomic mass is 10.2. The molecule has 0 bridgehead atoms. The highest BCUT2D eigenvalue weighted by molar-refractivity contribution is 7.89. The van der Waals surface area contributed by atoms with E-state index in [1.807, 2.05) is 30.3 Å². The monoisotopic (exact) mass is 554 g/mol. The molecule has 37 heavy (non-hydrogen) atoms. The smallest absolute Gasteiger partial charge is 0.279 e. The van der Waals surface area contributed by atoms with Crippen LogP contribution in [-0.2, 0) is 33.1 Å². The minimum atomic E-state index is -3.91. The number of hydrogen-bond acceptors (Lipinski definition) is 6. The average Bonchev–Trinajstić information content (AvgIpc) is 3.20. The third-order valence-corrected chi connectivity index (χ3v) is 9.26. The third-order valence-electron chi connectivity index (χ3n) is 5.49. The number of primary sulfonamides is 1. The van der Waals surface area contributed by atoms with Crippen molar-refractivity contribution in [2.24, 2.45) is 10.1 Å². The molecule has 12 heteroatoms. The van der Waals surface area contributed by atoms with Crippen molar-refractivity contribution < 1.29 is 21.6 Å². The fourth-order valence-corrected chi connectivity index (χ4v) is 6.43. The molecule has 0 unspecified atom stereocenters. The van der Waals surface area contributed by atoms with Crippen LogP contribution in [0.3, 0.4) is 0 Å². The summed E-state index contributed by atoms with van der Waals surface area (Å²) in [7, 11) is -6.20. The molecule has 4 rings (SSSR count). The van der Waals surface area contributed by atoms with Crippen molar-refractivity contribution in [3.8, 4) is 12.3 Å². The van der Waals surface area contributed by atoms with Crippen LogP contribution in [0.4, 0.5) is 0 Å². The lowest BCUT2D eigenvalue weighted by Gasteiger charge is -2.17. The Kier molecular flexibility index (Phi) is 7.44. The van der Waals surface area contributed by atoms with Crippen LogP contribution < -0.4 is 9.94 Å². The molecule has 0 aliphatic heterocycles. The summed E-state index contributed by atoms with van der Waals surface area (Å²) in [5, 5.41) is 5.22. The van der Waals surface area contributed by atoms with Crippen LogP contribution in [0.1, 0.15) is 15.9 Å². The molecule has 0 aliphatic carbocycles. The Hall–Kier alpha value is -3.60. The molecular weight excluding hydrogens is 532 g/mol. The van der Waals surface area contributed by atoms with E-state index in [1.165, 1.54) is 47.8 Å². The summed E-state index contributed by atoms with van der Waals surface area (Å²) < 4.78 is 52.7. The Morgan fingerprint density at radius 3 is 2.30 bits per heavy atom. The maximum Gasteiger partial charge on any atom is 0.279 e. The molecule has 0 atom stereocenters. The van der Waals surface area contributed by atoms with E-state index in [0.717, 1.165) is 16.9 Å². The van der Waals surface area contributed by atoms with Crippen LogP contribution in [0.2, 0.25) is 0 Å². The first kappa shape index (κ1) is 26.5. The van der Waals surface area contributed by atoms with Gasteiger partial charge >= 0.3 is 0 Å². The van der Waals surface area contributed by atoms with Gasteiger partial charge in [-0.1, -0.05) is 47.6 Å². The molecule has 3 aromatic carbocycles. The molecule has 4 aromatic rings. The van der Waals surface area contributed by atoms with Crippen molar-refractivity contribution in [1.82, 2.24) is 8.87 Å². The molecule has 1 heterocycles. The van der Waals surface area contributed by atoms with E-state index in [1.54, 1.807) is 10.6 Å². The van der Waals surface area contributed by atoms with Crippen molar-refractivity contribution in [3.05, 3.63) is 88.7 Å². The third kappa shape index (κ3) is 5.71. The normalized spacial score (nSPS) is 12.6. The second kappa shape index (κ2) is 10.4. The fraction of sp³-hybridized carbons (Fsp3) is 0.120. The van der Waals surface area contributed by atoms with Gasteiger partial charge in [-0.15, -0.1) is 6.42 Å².